The van der Waals surface area contributed by atoms with Crippen molar-refractivity contribution < 1.29 is 28.6 Å². The summed E-state index contributed by atoms with van der Waals surface area (Å²) < 4.78 is 13.7. The Bertz CT molecular complexity index is 1830. The van der Waals surface area contributed by atoms with E-state index in [0.717, 1.165) is 67.0 Å². The minimum absolute atomic E-state index is 0.0160. The van der Waals surface area contributed by atoms with Crippen molar-refractivity contribution in [2.24, 2.45) is 50.7 Å². The summed E-state index contributed by atoms with van der Waals surface area (Å²) in [5.41, 5.74) is 1.28. The van der Waals surface area contributed by atoms with Gasteiger partial charge in [0.25, 0.3) is 0 Å². The van der Waals surface area contributed by atoms with Crippen molar-refractivity contribution in [2.45, 2.75) is 138 Å². The molecule has 5 aliphatic rings. The molecule has 0 amide bonds. The molecule has 2 aromatic rings. The van der Waals surface area contributed by atoms with Gasteiger partial charge in [-0.05, 0) is 141 Å². The number of ketones is 1. The largest absolute Gasteiger partial charge is 0.481 e. The van der Waals surface area contributed by atoms with Crippen LogP contribution in [0.2, 0.25) is 0 Å². The van der Waals surface area contributed by atoms with Gasteiger partial charge in [0.1, 0.15) is 6.10 Å². The number of hydrogen-bond donors (Lipinski definition) is 1. The normalized spacial score (nSPS) is 36.9. The molecule has 282 valence electrons. The first-order chi connectivity index (χ1) is 24.2. The summed E-state index contributed by atoms with van der Waals surface area (Å²) in [5, 5.41) is 18.9. The van der Waals surface area contributed by atoms with Gasteiger partial charge in [-0.15, -0.1) is 10.2 Å². The molecule has 8 nitrogen and oxygen atoms in total. The Morgan fingerprint density at radius 3 is 2.29 bits per heavy atom. The van der Waals surface area contributed by atoms with Gasteiger partial charge in [0.15, 0.2) is 5.78 Å². The van der Waals surface area contributed by atoms with Gasteiger partial charge in [-0.25, -0.2) is 0 Å². The number of allylic oxidation sites excluding steroid dienone is 2. The van der Waals surface area contributed by atoms with Crippen LogP contribution in [0.3, 0.4) is 0 Å². The molecule has 0 aliphatic heterocycles. The van der Waals surface area contributed by atoms with Crippen LogP contribution in [0.1, 0.15) is 132 Å². The van der Waals surface area contributed by atoms with Crippen LogP contribution in [0.15, 0.2) is 44.3 Å². The van der Waals surface area contributed by atoms with E-state index in [1.165, 1.54) is 5.57 Å². The number of carbonyl (C=O) groups is 3. The van der Waals surface area contributed by atoms with Gasteiger partial charge in [-0.3, -0.25) is 14.4 Å². The zero-order valence-electron chi connectivity index (χ0n) is 32.5. The first-order valence-corrected chi connectivity index (χ1v) is 20.3. The van der Waals surface area contributed by atoms with Gasteiger partial charge < -0.3 is 14.3 Å². The number of esters is 1. The Balaban J connectivity index is 1.20. The second kappa shape index (κ2) is 12.4. The van der Waals surface area contributed by atoms with E-state index in [-0.39, 0.29) is 51.8 Å². The van der Waals surface area contributed by atoms with E-state index in [9.17, 15) is 19.5 Å². The van der Waals surface area contributed by atoms with E-state index < -0.39 is 22.8 Å². The van der Waals surface area contributed by atoms with Crippen molar-refractivity contribution in [1.82, 2.24) is 10.2 Å². The molecule has 1 heterocycles. The zero-order valence-corrected chi connectivity index (χ0v) is 34.1. The predicted octanol–water partition coefficient (Wildman–Crippen LogP) is 10.1. The number of carboxylic acid groups (broad SMARTS) is 1. The van der Waals surface area contributed by atoms with E-state index in [2.05, 4.69) is 69.5 Å². The molecule has 52 heavy (non-hydrogen) atoms. The van der Waals surface area contributed by atoms with Crippen LogP contribution in [0.5, 0.6) is 0 Å². The quantitative estimate of drug-likeness (QED) is 0.276. The first kappa shape index (κ1) is 37.5. The minimum Gasteiger partial charge on any atom is -0.481 e. The van der Waals surface area contributed by atoms with Gasteiger partial charge in [0, 0.05) is 21.9 Å². The fourth-order valence-corrected chi connectivity index (χ4v) is 13.1. The van der Waals surface area contributed by atoms with Crippen molar-refractivity contribution in [3.8, 4) is 11.5 Å². The molecule has 4 fully saturated rings. The second-order valence-electron chi connectivity index (χ2n) is 19.4. The number of rotatable bonds is 7. The lowest BCUT2D eigenvalue weighted by molar-refractivity contribution is -0.232. The summed E-state index contributed by atoms with van der Waals surface area (Å²) in [6.07, 6.45) is 7.84. The number of aromatic nitrogens is 2. The Labute approximate surface area is 317 Å². The van der Waals surface area contributed by atoms with E-state index in [1.54, 1.807) is 13.8 Å². The molecular weight excluding hydrogens is 720 g/mol. The number of Topliss-reactive ketones (excluding diaryl/α,β-unsaturated/α-hetero) is 1. The maximum absolute atomic E-state index is 14.1. The molecule has 9 heteroatoms. The highest BCUT2D eigenvalue weighted by molar-refractivity contribution is 9.10. The molecule has 4 saturated carbocycles. The van der Waals surface area contributed by atoms with Gasteiger partial charge in [-0.2, -0.15) is 0 Å². The summed E-state index contributed by atoms with van der Waals surface area (Å²) in [4.78, 5) is 39.0. The fourth-order valence-electron chi connectivity index (χ4n) is 12.8. The van der Waals surface area contributed by atoms with Crippen LogP contribution in [0.4, 0.5) is 0 Å². The number of halogens is 1. The molecule has 8 atom stereocenters. The lowest BCUT2D eigenvalue weighted by Gasteiger charge is -2.72. The molecule has 0 unspecified atom stereocenters. The molecule has 0 saturated heterocycles. The molecule has 1 aromatic heterocycles. The maximum atomic E-state index is 14.1. The maximum Gasteiger partial charge on any atom is 0.309 e. The number of benzene rings is 1. The zero-order chi connectivity index (χ0) is 37.8. The summed E-state index contributed by atoms with van der Waals surface area (Å²) in [7, 11) is 0. The van der Waals surface area contributed by atoms with Crippen molar-refractivity contribution >= 4 is 33.7 Å². The smallest absolute Gasteiger partial charge is 0.309 e. The highest BCUT2D eigenvalue weighted by Crippen LogP contribution is 2.76. The molecule has 7 rings (SSSR count). The van der Waals surface area contributed by atoms with Crippen LogP contribution in [-0.4, -0.2) is 39.1 Å². The van der Waals surface area contributed by atoms with Crippen molar-refractivity contribution in [3.63, 3.8) is 0 Å². The number of aliphatic carboxylic acids is 1. The molecule has 1 N–H and O–H groups in total. The molecule has 0 spiro atoms. The fraction of sp³-hybridized carbons (Fsp3) is 0.698. The Morgan fingerprint density at radius 2 is 1.63 bits per heavy atom. The highest BCUT2D eigenvalue weighted by atomic mass is 79.9. The Kier molecular flexibility index (Phi) is 8.91. The Hall–Kier alpha value is -2.81. The first-order valence-electron chi connectivity index (χ1n) is 19.5. The third-order valence-corrected chi connectivity index (χ3v) is 16.3. The second-order valence-corrected chi connectivity index (χ2v) is 20.3. The highest BCUT2D eigenvalue weighted by Gasteiger charge is 2.71. The standard InChI is InChI=1S/C43H57BrN2O6/c1-24(2)33-28(47)22-43(36-46-45-35(52-36)25-10-12-26(44)13-11-25)21-20-41(8)27(34(33)43)14-15-30-40(7)18-17-31(51-32(48)23-38(3,4)37(49)50)39(5,6)29(40)16-19-42(30,41)9/h10-13,24,27,29-31H,14-23H2,1-9H3,(H,49,50)/t27-,29+,30-,31+,40+,41-,42-,43-/m1/s1. The number of hydrogen-bond acceptors (Lipinski definition) is 7. The van der Waals surface area contributed by atoms with E-state index in [1.807, 2.05) is 24.3 Å². The summed E-state index contributed by atoms with van der Waals surface area (Å²) in [5.74, 6) is 1.13. The lowest BCUT2D eigenvalue weighted by atomic mass is 9.33. The van der Waals surface area contributed by atoms with Crippen molar-refractivity contribution in [2.75, 3.05) is 0 Å². The number of carboxylic acids is 1. The van der Waals surface area contributed by atoms with Gasteiger partial charge in [-0.1, -0.05) is 64.4 Å². The third-order valence-electron chi connectivity index (χ3n) is 15.7. The SMILES string of the molecule is CC(C)C1=C2[C@H]3CC[C@@H]4[C@@]5(C)CC[C@H](OC(=O)CC(C)(C)C(=O)O)C(C)(C)[C@@H]5CC[C@@]4(C)[C@]3(C)CC[C@@]2(c2nnc(-c3ccc(Br)cc3)o2)CC1=O. The molecule has 1 aromatic carbocycles. The van der Waals surface area contributed by atoms with Gasteiger partial charge in [0.2, 0.25) is 11.8 Å². The average Bonchev–Trinajstić information content (AvgIpc) is 3.66. The van der Waals surface area contributed by atoms with Crippen LogP contribution in [-0.2, 0) is 24.5 Å². The van der Waals surface area contributed by atoms with Gasteiger partial charge in [0.05, 0.1) is 17.3 Å². The Morgan fingerprint density at radius 1 is 0.942 bits per heavy atom. The summed E-state index contributed by atoms with van der Waals surface area (Å²) >= 11 is 3.52. The average molecular weight is 778 g/mol. The predicted molar refractivity (Wildman–Crippen MR) is 202 cm³/mol. The molecule has 0 bridgehead atoms. The van der Waals surface area contributed by atoms with Crippen LogP contribution in [0.25, 0.3) is 11.5 Å². The van der Waals surface area contributed by atoms with Crippen molar-refractivity contribution in [1.29, 1.82) is 0 Å². The van der Waals surface area contributed by atoms with Crippen LogP contribution < -0.4 is 0 Å². The third kappa shape index (κ3) is 5.35. The number of fused-ring (bicyclic) bond motifs is 7. The summed E-state index contributed by atoms with van der Waals surface area (Å²) in [6.45, 7) is 19.7. The number of ether oxygens (including phenoxy) is 1. The molecule has 5 aliphatic carbocycles. The van der Waals surface area contributed by atoms with Gasteiger partial charge >= 0.3 is 11.9 Å². The monoisotopic (exact) mass is 776 g/mol. The van der Waals surface area contributed by atoms with Crippen LogP contribution in [0, 0.1) is 50.7 Å². The van der Waals surface area contributed by atoms with E-state index in [0.29, 0.717) is 30.0 Å². The van der Waals surface area contributed by atoms with Crippen molar-refractivity contribution in [3.05, 3.63) is 45.8 Å². The number of nitrogens with zero attached hydrogens (tertiary/aromatic N) is 2. The minimum atomic E-state index is -1.16. The molecule has 0 radical (unpaired) electrons. The molecular formula is C43H57BrN2O6. The van der Waals surface area contributed by atoms with Crippen LogP contribution >= 0.6 is 15.9 Å². The van der Waals surface area contributed by atoms with E-state index >= 15 is 0 Å². The van der Waals surface area contributed by atoms with E-state index in [4.69, 9.17) is 14.3 Å². The summed E-state index contributed by atoms with van der Waals surface area (Å²) in [6, 6.07) is 7.90. The number of carbonyl (C=O) groups excluding carboxylic acids is 2. The topological polar surface area (TPSA) is 120 Å². The lowest BCUT2D eigenvalue weighted by Crippen LogP contribution is -2.66.